The van der Waals surface area contributed by atoms with E-state index in [4.69, 9.17) is 4.74 Å². The van der Waals surface area contributed by atoms with Gasteiger partial charge in [0.1, 0.15) is 5.25 Å². The second-order valence-electron chi connectivity index (χ2n) is 3.91. The van der Waals surface area contributed by atoms with Crippen LogP contribution in [0.2, 0.25) is 0 Å². The highest BCUT2D eigenvalue weighted by molar-refractivity contribution is 7.99. The topological polar surface area (TPSA) is 55.0 Å². The maximum Gasteiger partial charge on any atom is 0.323 e. The van der Waals surface area contributed by atoms with Crippen LogP contribution in [0.15, 0.2) is 18.3 Å². The van der Waals surface area contributed by atoms with E-state index in [1.54, 1.807) is 18.0 Å². The third-order valence-corrected chi connectivity index (χ3v) is 4.17. The molecule has 1 aliphatic rings. The molecule has 17 heavy (non-hydrogen) atoms. The van der Waals surface area contributed by atoms with Gasteiger partial charge in [-0.3, -0.25) is 9.89 Å². The zero-order chi connectivity index (χ0) is 11.8. The van der Waals surface area contributed by atoms with E-state index >= 15 is 0 Å². The Hall–Kier alpha value is -1.49. The number of benzene rings is 1. The molecule has 2 heterocycles. The molecular weight excluding hydrogens is 236 g/mol. The normalized spacial score (nSPS) is 18.3. The summed E-state index contributed by atoms with van der Waals surface area (Å²) in [7, 11) is 0. The minimum absolute atomic E-state index is 0.143. The van der Waals surface area contributed by atoms with E-state index in [2.05, 4.69) is 10.2 Å². The van der Waals surface area contributed by atoms with E-state index in [9.17, 15) is 4.79 Å². The zero-order valence-corrected chi connectivity index (χ0v) is 10.2. The zero-order valence-electron chi connectivity index (χ0n) is 9.40. The highest BCUT2D eigenvalue weighted by Crippen LogP contribution is 2.44. The number of ether oxygens (including phenoxy) is 1. The van der Waals surface area contributed by atoms with Crippen LogP contribution in [0.25, 0.3) is 10.9 Å². The fourth-order valence-corrected chi connectivity index (χ4v) is 3.41. The van der Waals surface area contributed by atoms with Crippen LogP contribution >= 0.6 is 11.8 Å². The molecule has 1 aromatic carbocycles. The Morgan fingerprint density at radius 1 is 1.65 bits per heavy atom. The van der Waals surface area contributed by atoms with Crippen molar-refractivity contribution in [3.8, 4) is 0 Å². The molecule has 1 atom stereocenters. The average Bonchev–Trinajstić information content (AvgIpc) is 2.94. The van der Waals surface area contributed by atoms with Crippen molar-refractivity contribution in [2.45, 2.75) is 17.9 Å². The molecule has 0 fully saturated rings. The molecule has 0 saturated carbocycles. The lowest BCUT2D eigenvalue weighted by molar-refractivity contribution is -0.142. The van der Waals surface area contributed by atoms with Crippen molar-refractivity contribution < 1.29 is 9.53 Å². The van der Waals surface area contributed by atoms with Gasteiger partial charge in [0.15, 0.2) is 0 Å². The van der Waals surface area contributed by atoms with Crippen LogP contribution in [-0.2, 0) is 15.3 Å². The molecular formula is C12H12N2O2S. The van der Waals surface area contributed by atoms with Crippen LogP contribution in [0.1, 0.15) is 23.3 Å². The molecule has 0 radical (unpaired) electrons. The number of nitrogens with zero attached hydrogens (tertiary/aromatic N) is 1. The standard InChI is InChI=1S/C12H12N2O2S/c1-2-16-12(15)11-8-4-3-7-5-13-14-10(7)9(8)6-17-11/h3-5,11H,2,6H2,1H3,(H,13,14). The van der Waals surface area contributed by atoms with E-state index in [1.165, 1.54) is 5.56 Å². The Balaban J connectivity index is 2.05. The third kappa shape index (κ3) is 1.61. The van der Waals surface area contributed by atoms with Gasteiger partial charge in [-0.05, 0) is 18.1 Å². The monoisotopic (exact) mass is 248 g/mol. The summed E-state index contributed by atoms with van der Waals surface area (Å²) in [6, 6.07) is 4.00. The predicted molar refractivity (Wildman–Crippen MR) is 66.8 cm³/mol. The van der Waals surface area contributed by atoms with Crippen molar-refractivity contribution in [3.05, 3.63) is 29.5 Å². The Morgan fingerprint density at radius 3 is 3.35 bits per heavy atom. The summed E-state index contributed by atoms with van der Waals surface area (Å²) in [5.74, 6) is 0.688. The number of hydrogen-bond donors (Lipinski definition) is 1. The molecule has 2 aromatic rings. The van der Waals surface area contributed by atoms with Gasteiger partial charge < -0.3 is 4.74 Å². The maximum absolute atomic E-state index is 11.8. The number of fused-ring (bicyclic) bond motifs is 3. The predicted octanol–water partition coefficient (Wildman–Crippen LogP) is 2.41. The lowest BCUT2D eigenvalue weighted by Crippen LogP contribution is -2.11. The molecule has 0 spiro atoms. The van der Waals surface area contributed by atoms with E-state index in [0.29, 0.717) is 6.61 Å². The van der Waals surface area contributed by atoms with Gasteiger partial charge in [0, 0.05) is 11.1 Å². The first-order valence-electron chi connectivity index (χ1n) is 5.54. The first-order chi connectivity index (χ1) is 8.31. The van der Waals surface area contributed by atoms with Crippen molar-refractivity contribution in [1.29, 1.82) is 0 Å². The highest BCUT2D eigenvalue weighted by atomic mass is 32.2. The number of H-pyrrole nitrogens is 1. The number of rotatable bonds is 2. The van der Waals surface area contributed by atoms with Crippen LogP contribution in [0.5, 0.6) is 0 Å². The van der Waals surface area contributed by atoms with Crippen molar-refractivity contribution in [2.24, 2.45) is 0 Å². The van der Waals surface area contributed by atoms with Gasteiger partial charge >= 0.3 is 5.97 Å². The number of hydrogen-bond acceptors (Lipinski definition) is 4. The van der Waals surface area contributed by atoms with Crippen LogP contribution in [0, 0.1) is 0 Å². The second kappa shape index (κ2) is 4.07. The summed E-state index contributed by atoms with van der Waals surface area (Å²) in [5, 5.41) is 7.94. The number of carbonyl (C=O) groups excluding carboxylic acids is 1. The third-order valence-electron chi connectivity index (χ3n) is 2.94. The molecule has 88 valence electrons. The Morgan fingerprint density at radius 2 is 2.53 bits per heavy atom. The van der Waals surface area contributed by atoms with Crippen LogP contribution in [0.3, 0.4) is 0 Å². The van der Waals surface area contributed by atoms with Gasteiger partial charge in [-0.25, -0.2) is 0 Å². The number of esters is 1. The molecule has 1 unspecified atom stereocenters. The average molecular weight is 248 g/mol. The van der Waals surface area contributed by atoms with Crippen molar-refractivity contribution in [1.82, 2.24) is 10.2 Å². The fraction of sp³-hybridized carbons (Fsp3) is 0.333. The molecule has 0 aliphatic carbocycles. The van der Waals surface area contributed by atoms with Crippen LogP contribution < -0.4 is 0 Å². The van der Waals surface area contributed by atoms with Crippen LogP contribution in [0.4, 0.5) is 0 Å². The highest BCUT2D eigenvalue weighted by Gasteiger charge is 2.31. The molecule has 4 nitrogen and oxygen atoms in total. The number of aromatic amines is 1. The lowest BCUT2D eigenvalue weighted by atomic mass is 10.0. The number of aromatic nitrogens is 2. The van der Waals surface area contributed by atoms with E-state index in [0.717, 1.165) is 22.2 Å². The van der Waals surface area contributed by atoms with Gasteiger partial charge in [0.05, 0.1) is 18.3 Å². The van der Waals surface area contributed by atoms with Crippen molar-refractivity contribution in [2.75, 3.05) is 6.61 Å². The number of thioether (sulfide) groups is 1. The molecule has 0 bridgehead atoms. The SMILES string of the molecule is CCOC(=O)C1SCc2c1ccc1cn[nH]c21. The quantitative estimate of drug-likeness (QED) is 0.829. The van der Waals surface area contributed by atoms with Crippen molar-refractivity contribution >= 4 is 28.6 Å². The minimum atomic E-state index is -0.183. The summed E-state index contributed by atoms with van der Waals surface area (Å²) in [4.78, 5) is 11.8. The number of nitrogens with one attached hydrogen (secondary N) is 1. The molecule has 1 aromatic heterocycles. The molecule has 1 N–H and O–H groups in total. The smallest absolute Gasteiger partial charge is 0.323 e. The summed E-state index contributed by atoms with van der Waals surface area (Å²) in [6.07, 6.45) is 1.80. The minimum Gasteiger partial charge on any atom is -0.465 e. The first-order valence-corrected chi connectivity index (χ1v) is 6.59. The Labute approximate surface area is 103 Å². The summed E-state index contributed by atoms with van der Waals surface area (Å²) in [6.45, 7) is 2.26. The van der Waals surface area contributed by atoms with E-state index < -0.39 is 0 Å². The second-order valence-corrected chi connectivity index (χ2v) is 5.00. The van der Waals surface area contributed by atoms with Gasteiger partial charge in [-0.15, -0.1) is 11.8 Å². The molecule has 0 saturated heterocycles. The molecule has 3 rings (SSSR count). The lowest BCUT2D eigenvalue weighted by Gasteiger charge is -2.09. The van der Waals surface area contributed by atoms with E-state index in [1.807, 2.05) is 19.1 Å². The van der Waals surface area contributed by atoms with Gasteiger partial charge in [-0.2, -0.15) is 5.10 Å². The summed E-state index contributed by atoms with van der Waals surface area (Å²) < 4.78 is 5.09. The van der Waals surface area contributed by atoms with E-state index in [-0.39, 0.29) is 11.2 Å². The largest absolute Gasteiger partial charge is 0.465 e. The van der Waals surface area contributed by atoms with Gasteiger partial charge in [0.25, 0.3) is 0 Å². The summed E-state index contributed by atoms with van der Waals surface area (Å²) in [5.41, 5.74) is 3.29. The van der Waals surface area contributed by atoms with Gasteiger partial charge in [0.2, 0.25) is 0 Å². The molecule has 1 aliphatic heterocycles. The Bertz CT molecular complexity index is 579. The van der Waals surface area contributed by atoms with Crippen molar-refractivity contribution in [3.63, 3.8) is 0 Å². The first kappa shape index (κ1) is 10.7. The maximum atomic E-state index is 11.8. The fourth-order valence-electron chi connectivity index (χ4n) is 2.16. The molecule has 5 heteroatoms. The molecule has 0 amide bonds. The van der Waals surface area contributed by atoms with Crippen LogP contribution in [-0.4, -0.2) is 22.8 Å². The Kier molecular flexibility index (Phi) is 2.55. The number of carbonyl (C=O) groups is 1. The summed E-state index contributed by atoms with van der Waals surface area (Å²) >= 11 is 1.62. The van der Waals surface area contributed by atoms with Gasteiger partial charge in [-0.1, -0.05) is 12.1 Å².